The summed E-state index contributed by atoms with van der Waals surface area (Å²) in [5.41, 5.74) is 1.10. The molecule has 1 saturated carbocycles. The predicted octanol–water partition coefficient (Wildman–Crippen LogP) is 3.16. The number of hydrogen-bond donors (Lipinski definition) is 1. The number of halogens is 1. The van der Waals surface area contributed by atoms with Gasteiger partial charge in [0.05, 0.1) is 7.11 Å². The quantitative estimate of drug-likeness (QED) is 0.818. The monoisotopic (exact) mass is 295 g/mol. The Morgan fingerprint density at radius 1 is 1.35 bits per heavy atom. The topological polar surface area (TPSA) is 30.5 Å². The zero-order chi connectivity index (χ0) is 13.5. The summed E-state index contributed by atoms with van der Waals surface area (Å²) in [6.45, 7) is 1.05. The van der Waals surface area contributed by atoms with E-state index in [1.807, 2.05) is 12.1 Å². The van der Waals surface area contributed by atoms with Gasteiger partial charge in [0, 0.05) is 18.2 Å². The molecule has 0 radical (unpaired) electrons. The molecule has 0 spiro atoms. The van der Waals surface area contributed by atoms with Gasteiger partial charge in [-0.2, -0.15) is 0 Å². The molecule has 0 aromatic heterocycles. The van der Waals surface area contributed by atoms with Crippen molar-refractivity contribution in [2.24, 2.45) is 0 Å². The standard InChI is InChI=1S/C16H21NO2.ClH/c1-3-11-19-16-13(7-6-10-15(16)18-2)12-17-14-8-4-5-9-14;/h1,6-7,10,14,17H,4-5,8-9,11-12H2,2H3;1H. The smallest absolute Gasteiger partial charge is 0.167 e. The van der Waals surface area contributed by atoms with Crippen LogP contribution in [0.2, 0.25) is 0 Å². The lowest BCUT2D eigenvalue weighted by Crippen LogP contribution is -2.25. The highest BCUT2D eigenvalue weighted by molar-refractivity contribution is 5.85. The van der Waals surface area contributed by atoms with Crippen molar-refractivity contribution in [2.45, 2.75) is 38.3 Å². The number of hydrogen-bond acceptors (Lipinski definition) is 3. The molecule has 0 aliphatic heterocycles. The second kappa shape index (κ2) is 8.73. The average Bonchev–Trinajstić information content (AvgIpc) is 2.96. The first kappa shape index (κ1) is 16.7. The maximum absolute atomic E-state index is 5.62. The van der Waals surface area contributed by atoms with Crippen molar-refractivity contribution in [1.29, 1.82) is 0 Å². The number of ether oxygens (including phenoxy) is 2. The Labute approximate surface area is 127 Å². The lowest BCUT2D eigenvalue weighted by Gasteiger charge is -2.16. The largest absolute Gasteiger partial charge is 0.493 e. The second-order valence-corrected chi connectivity index (χ2v) is 4.80. The van der Waals surface area contributed by atoms with Gasteiger partial charge >= 0.3 is 0 Å². The fourth-order valence-electron chi connectivity index (χ4n) is 2.52. The number of terminal acetylenes is 1. The Balaban J connectivity index is 0.00000200. The summed E-state index contributed by atoms with van der Waals surface area (Å²) >= 11 is 0. The van der Waals surface area contributed by atoms with Gasteiger partial charge in [-0.15, -0.1) is 18.8 Å². The summed E-state index contributed by atoms with van der Waals surface area (Å²) in [5, 5.41) is 3.58. The number of para-hydroxylation sites is 1. The van der Waals surface area contributed by atoms with Crippen molar-refractivity contribution in [1.82, 2.24) is 5.32 Å². The molecular weight excluding hydrogens is 274 g/mol. The number of rotatable bonds is 6. The highest BCUT2D eigenvalue weighted by atomic mass is 35.5. The van der Waals surface area contributed by atoms with Gasteiger partial charge in [-0.1, -0.05) is 30.9 Å². The molecule has 0 amide bonds. The second-order valence-electron chi connectivity index (χ2n) is 4.80. The first-order valence-corrected chi connectivity index (χ1v) is 6.80. The van der Waals surface area contributed by atoms with Crippen LogP contribution in [-0.4, -0.2) is 19.8 Å². The molecule has 0 saturated heterocycles. The minimum absolute atomic E-state index is 0. The van der Waals surface area contributed by atoms with Crippen LogP contribution in [0.1, 0.15) is 31.2 Å². The maximum atomic E-state index is 5.62. The summed E-state index contributed by atoms with van der Waals surface area (Å²) in [4.78, 5) is 0. The van der Waals surface area contributed by atoms with E-state index in [1.165, 1.54) is 25.7 Å². The van der Waals surface area contributed by atoms with E-state index in [4.69, 9.17) is 15.9 Å². The van der Waals surface area contributed by atoms with Crippen LogP contribution in [-0.2, 0) is 6.54 Å². The van der Waals surface area contributed by atoms with Gasteiger partial charge in [-0.3, -0.25) is 0 Å². The molecule has 20 heavy (non-hydrogen) atoms. The Hall–Kier alpha value is -1.37. The molecule has 1 aliphatic rings. The molecule has 1 aromatic carbocycles. The molecule has 1 aliphatic carbocycles. The molecule has 3 nitrogen and oxygen atoms in total. The third-order valence-electron chi connectivity index (χ3n) is 3.52. The van der Waals surface area contributed by atoms with Gasteiger partial charge < -0.3 is 14.8 Å². The zero-order valence-corrected chi connectivity index (χ0v) is 12.7. The summed E-state index contributed by atoms with van der Waals surface area (Å²) < 4.78 is 11.0. The first-order chi connectivity index (χ1) is 9.35. The van der Waals surface area contributed by atoms with Gasteiger partial charge in [0.15, 0.2) is 11.5 Å². The van der Waals surface area contributed by atoms with Crippen molar-refractivity contribution >= 4 is 12.4 Å². The van der Waals surface area contributed by atoms with Crippen LogP contribution in [0.3, 0.4) is 0 Å². The van der Waals surface area contributed by atoms with Gasteiger partial charge in [0.25, 0.3) is 0 Å². The molecule has 1 N–H and O–H groups in total. The van der Waals surface area contributed by atoms with E-state index in [-0.39, 0.29) is 19.0 Å². The van der Waals surface area contributed by atoms with Crippen LogP contribution < -0.4 is 14.8 Å². The zero-order valence-electron chi connectivity index (χ0n) is 11.9. The van der Waals surface area contributed by atoms with Crippen molar-refractivity contribution in [2.75, 3.05) is 13.7 Å². The van der Waals surface area contributed by atoms with E-state index in [1.54, 1.807) is 7.11 Å². The van der Waals surface area contributed by atoms with E-state index in [9.17, 15) is 0 Å². The van der Waals surface area contributed by atoms with E-state index in [2.05, 4.69) is 17.3 Å². The Bertz CT molecular complexity index is 450. The number of nitrogens with one attached hydrogen (secondary N) is 1. The average molecular weight is 296 g/mol. The van der Waals surface area contributed by atoms with Crippen molar-refractivity contribution < 1.29 is 9.47 Å². The minimum atomic E-state index is 0. The fourth-order valence-corrected chi connectivity index (χ4v) is 2.52. The van der Waals surface area contributed by atoms with Crippen LogP contribution in [0.15, 0.2) is 18.2 Å². The minimum Gasteiger partial charge on any atom is -0.493 e. The fraction of sp³-hybridized carbons (Fsp3) is 0.500. The van der Waals surface area contributed by atoms with E-state index in [0.717, 1.165) is 23.6 Å². The number of benzene rings is 1. The highest BCUT2D eigenvalue weighted by Crippen LogP contribution is 2.31. The summed E-state index contributed by atoms with van der Waals surface area (Å²) in [5.74, 6) is 3.99. The van der Waals surface area contributed by atoms with Gasteiger partial charge in [0.1, 0.15) is 6.61 Å². The SMILES string of the molecule is C#CCOc1c(CNC2CCCC2)cccc1OC.Cl. The molecule has 0 unspecified atom stereocenters. The Morgan fingerprint density at radius 3 is 2.75 bits per heavy atom. The number of methoxy groups -OCH3 is 1. The first-order valence-electron chi connectivity index (χ1n) is 6.80. The third kappa shape index (κ3) is 4.33. The van der Waals surface area contributed by atoms with Crippen LogP contribution in [0.4, 0.5) is 0 Å². The molecule has 0 atom stereocenters. The van der Waals surface area contributed by atoms with Gasteiger partial charge in [0.2, 0.25) is 0 Å². The predicted molar refractivity (Wildman–Crippen MR) is 83.7 cm³/mol. The van der Waals surface area contributed by atoms with Crippen LogP contribution >= 0.6 is 12.4 Å². The van der Waals surface area contributed by atoms with Crippen LogP contribution in [0.5, 0.6) is 11.5 Å². The maximum Gasteiger partial charge on any atom is 0.167 e. The van der Waals surface area contributed by atoms with Crippen molar-refractivity contribution in [3.05, 3.63) is 23.8 Å². The van der Waals surface area contributed by atoms with Crippen molar-refractivity contribution in [3.8, 4) is 23.8 Å². The molecule has 1 aromatic rings. The molecular formula is C16H22ClNO2. The van der Waals surface area contributed by atoms with Crippen molar-refractivity contribution in [3.63, 3.8) is 0 Å². The molecule has 0 bridgehead atoms. The van der Waals surface area contributed by atoms with Gasteiger partial charge in [-0.25, -0.2) is 0 Å². The summed E-state index contributed by atoms with van der Waals surface area (Å²) in [6, 6.07) is 6.56. The molecule has 110 valence electrons. The normalized spacial score (nSPS) is 14.4. The van der Waals surface area contributed by atoms with Gasteiger partial charge in [-0.05, 0) is 18.9 Å². The highest BCUT2D eigenvalue weighted by Gasteiger charge is 2.16. The molecule has 2 rings (SSSR count). The van der Waals surface area contributed by atoms with E-state index in [0.29, 0.717) is 6.04 Å². The third-order valence-corrected chi connectivity index (χ3v) is 3.52. The molecule has 4 heteroatoms. The van der Waals surface area contributed by atoms with E-state index < -0.39 is 0 Å². The van der Waals surface area contributed by atoms with Crippen LogP contribution in [0, 0.1) is 12.3 Å². The van der Waals surface area contributed by atoms with E-state index >= 15 is 0 Å². The van der Waals surface area contributed by atoms with Crippen LogP contribution in [0.25, 0.3) is 0 Å². The summed E-state index contributed by atoms with van der Waals surface area (Å²) in [7, 11) is 1.65. The molecule has 1 fully saturated rings. The lowest BCUT2D eigenvalue weighted by molar-refractivity contribution is 0.326. The molecule has 0 heterocycles. The lowest BCUT2D eigenvalue weighted by atomic mass is 10.1. The Kier molecular flexibility index (Phi) is 7.28. The summed E-state index contributed by atoms with van der Waals surface area (Å²) in [6.07, 6.45) is 10.5. The Morgan fingerprint density at radius 2 is 2.10 bits per heavy atom.